The van der Waals surface area contributed by atoms with Crippen molar-refractivity contribution in [1.82, 2.24) is 0 Å². The third kappa shape index (κ3) is 5.47. The number of hydrogen-bond acceptors (Lipinski definition) is 7. The molecule has 1 saturated heterocycles. The number of halogens is 1. The van der Waals surface area contributed by atoms with E-state index in [1.54, 1.807) is 41.8 Å². The highest BCUT2D eigenvalue weighted by Crippen LogP contribution is 2.27. The lowest BCUT2D eigenvalue weighted by molar-refractivity contribution is -0.147. The zero-order valence-electron chi connectivity index (χ0n) is 17.2. The molecule has 1 atom stereocenters. The standard InChI is InChI=1S/C24H18ClNO6S/c25-17-3-1-4-18(12-17)26-13-16(11-22(26)28)23(29)31-14-20(27)15-6-8-19(9-7-15)32-24(30)21-5-2-10-33-21/h1-10,12,16H,11,13-14H2. The van der Waals surface area contributed by atoms with Crippen LogP contribution in [0.1, 0.15) is 26.5 Å². The number of hydrogen-bond donors (Lipinski definition) is 0. The molecule has 1 amide bonds. The lowest BCUT2D eigenvalue weighted by Crippen LogP contribution is -2.27. The Hall–Kier alpha value is -3.49. The minimum absolute atomic E-state index is 0.00381. The summed E-state index contributed by atoms with van der Waals surface area (Å²) in [7, 11) is 0. The van der Waals surface area contributed by atoms with Gasteiger partial charge in [0.25, 0.3) is 0 Å². The van der Waals surface area contributed by atoms with E-state index in [1.807, 2.05) is 0 Å². The zero-order chi connectivity index (χ0) is 23.4. The van der Waals surface area contributed by atoms with Gasteiger partial charge in [0.2, 0.25) is 5.91 Å². The number of thiophene rings is 1. The Kier molecular flexibility index (Phi) is 6.86. The molecule has 0 N–H and O–H groups in total. The van der Waals surface area contributed by atoms with Gasteiger partial charge in [0, 0.05) is 29.2 Å². The van der Waals surface area contributed by atoms with Gasteiger partial charge >= 0.3 is 11.9 Å². The summed E-state index contributed by atoms with van der Waals surface area (Å²) in [6.45, 7) is -0.286. The van der Waals surface area contributed by atoms with Crippen LogP contribution in [-0.2, 0) is 14.3 Å². The second-order valence-corrected chi connectivity index (χ2v) is 8.69. The van der Waals surface area contributed by atoms with Crippen molar-refractivity contribution in [1.29, 1.82) is 0 Å². The number of rotatable bonds is 7. The summed E-state index contributed by atoms with van der Waals surface area (Å²) in [4.78, 5) is 51.1. The van der Waals surface area contributed by atoms with Crippen LogP contribution in [0.25, 0.3) is 0 Å². The monoisotopic (exact) mass is 483 g/mol. The average molecular weight is 484 g/mol. The minimum atomic E-state index is -0.664. The van der Waals surface area contributed by atoms with Gasteiger partial charge in [-0.3, -0.25) is 14.4 Å². The predicted molar refractivity (Wildman–Crippen MR) is 123 cm³/mol. The molecule has 33 heavy (non-hydrogen) atoms. The van der Waals surface area contributed by atoms with E-state index in [9.17, 15) is 19.2 Å². The predicted octanol–water partition coefficient (Wildman–Crippen LogP) is 4.40. The zero-order valence-corrected chi connectivity index (χ0v) is 18.8. The van der Waals surface area contributed by atoms with Crippen LogP contribution in [-0.4, -0.2) is 36.8 Å². The van der Waals surface area contributed by atoms with E-state index in [0.29, 0.717) is 26.9 Å². The molecule has 1 unspecified atom stereocenters. The van der Waals surface area contributed by atoms with E-state index in [-0.39, 0.29) is 18.9 Å². The molecular formula is C24H18ClNO6S. The Labute approximate surface area is 198 Å². The number of nitrogens with zero attached hydrogens (tertiary/aromatic N) is 1. The van der Waals surface area contributed by atoms with Crippen LogP contribution < -0.4 is 9.64 Å². The molecule has 9 heteroatoms. The summed E-state index contributed by atoms with van der Waals surface area (Å²) in [5.41, 5.74) is 0.917. The molecular weight excluding hydrogens is 466 g/mol. The lowest BCUT2D eigenvalue weighted by Gasteiger charge is -2.16. The summed E-state index contributed by atoms with van der Waals surface area (Å²) in [6, 6.07) is 16.2. The maximum absolute atomic E-state index is 12.4. The maximum Gasteiger partial charge on any atom is 0.353 e. The van der Waals surface area contributed by atoms with Crippen molar-refractivity contribution >= 4 is 52.3 Å². The molecule has 1 aromatic heterocycles. The molecule has 1 aliphatic heterocycles. The third-order valence-electron chi connectivity index (χ3n) is 5.03. The van der Waals surface area contributed by atoms with Crippen molar-refractivity contribution in [2.24, 2.45) is 5.92 Å². The van der Waals surface area contributed by atoms with E-state index in [2.05, 4.69) is 0 Å². The SMILES string of the molecule is O=C(COC(=O)C1CC(=O)N(c2cccc(Cl)c2)C1)c1ccc(OC(=O)c2cccs2)cc1. The molecule has 0 aliphatic carbocycles. The van der Waals surface area contributed by atoms with Crippen LogP contribution in [0.15, 0.2) is 66.0 Å². The summed E-state index contributed by atoms with van der Waals surface area (Å²) >= 11 is 7.25. The second kappa shape index (κ2) is 9.97. The molecule has 4 rings (SSSR count). The van der Waals surface area contributed by atoms with E-state index < -0.39 is 30.2 Å². The first-order valence-corrected chi connectivity index (χ1v) is 11.3. The molecule has 0 radical (unpaired) electrons. The van der Waals surface area contributed by atoms with E-state index in [0.717, 1.165) is 0 Å². The van der Waals surface area contributed by atoms with Gasteiger partial charge in [0.15, 0.2) is 12.4 Å². The van der Waals surface area contributed by atoms with Gasteiger partial charge in [-0.2, -0.15) is 0 Å². The first kappa shape index (κ1) is 22.7. The second-order valence-electron chi connectivity index (χ2n) is 7.31. The molecule has 1 fully saturated rings. The Morgan fingerprint density at radius 1 is 1.06 bits per heavy atom. The van der Waals surface area contributed by atoms with Crippen LogP contribution in [0, 0.1) is 5.92 Å². The van der Waals surface area contributed by atoms with Gasteiger partial charge in [-0.05, 0) is 53.9 Å². The van der Waals surface area contributed by atoms with Crippen molar-refractivity contribution in [3.63, 3.8) is 0 Å². The van der Waals surface area contributed by atoms with Crippen molar-refractivity contribution in [2.45, 2.75) is 6.42 Å². The number of ketones is 1. The highest BCUT2D eigenvalue weighted by atomic mass is 35.5. The fourth-order valence-corrected chi connectivity index (χ4v) is 4.14. The number of esters is 2. The first-order valence-electron chi connectivity index (χ1n) is 10.0. The normalized spacial score (nSPS) is 15.4. The number of carbonyl (C=O) groups is 4. The number of carbonyl (C=O) groups excluding carboxylic acids is 4. The molecule has 2 aromatic carbocycles. The Bertz CT molecular complexity index is 1190. The maximum atomic E-state index is 12.4. The summed E-state index contributed by atoms with van der Waals surface area (Å²) in [5.74, 6) is -2.07. The van der Waals surface area contributed by atoms with Crippen molar-refractivity contribution in [3.05, 3.63) is 81.5 Å². The fraction of sp³-hybridized carbons (Fsp3) is 0.167. The quantitative estimate of drug-likeness (QED) is 0.281. The number of benzene rings is 2. The minimum Gasteiger partial charge on any atom is -0.457 e. The van der Waals surface area contributed by atoms with E-state index in [4.69, 9.17) is 21.1 Å². The van der Waals surface area contributed by atoms with Gasteiger partial charge in [0.05, 0.1) is 5.92 Å². The molecule has 1 aliphatic rings. The Morgan fingerprint density at radius 3 is 2.55 bits per heavy atom. The van der Waals surface area contributed by atoms with Gasteiger partial charge < -0.3 is 14.4 Å². The molecule has 7 nitrogen and oxygen atoms in total. The first-order chi connectivity index (χ1) is 15.9. The summed E-state index contributed by atoms with van der Waals surface area (Å²) in [6.07, 6.45) is 0.00381. The van der Waals surface area contributed by atoms with Crippen molar-refractivity contribution in [3.8, 4) is 5.75 Å². The number of Topliss-reactive ketones (excluding diaryl/α,β-unsaturated/α-hetero) is 1. The van der Waals surface area contributed by atoms with Crippen molar-refractivity contribution < 1.29 is 28.7 Å². The molecule has 2 heterocycles. The third-order valence-corrected chi connectivity index (χ3v) is 6.12. The van der Waals surface area contributed by atoms with Crippen LogP contribution in [0.5, 0.6) is 5.75 Å². The Morgan fingerprint density at radius 2 is 1.85 bits per heavy atom. The van der Waals surface area contributed by atoms with Gasteiger partial charge in [0.1, 0.15) is 10.6 Å². The van der Waals surface area contributed by atoms with Gasteiger partial charge in [-0.1, -0.05) is 23.7 Å². The smallest absolute Gasteiger partial charge is 0.353 e. The molecule has 3 aromatic rings. The van der Waals surface area contributed by atoms with E-state index in [1.165, 1.54) is 40.5 Å². The average Bonchev–Trinajstić information content (AvgIpc) is 3.48. The summed E-state index contributed by atoms with van der Waals surface area (Å²) in [5, 5.41) is 2.26. The highest BCUT2D eigenvalue weighted by Gasteiger charge is 2.36. The Balaban J connectivity index is 1.29. The number of amides is 1. The largest absolute Gasteiger partial charge is 0.457 e. The van der Waals surface area contributed by atoms with Gasteiger partial charge in [-0.15, -0.1) is 11.3 Å². The summed E-state index contributed by atoms with van der Waals surface area (Å²) < 4.78 is 10.4. The number of anilines is 1. The lowest BCUT2D eigenvalue weighted by atomic mass is 10.1. The van der Waals surface area contributed by atoms with Crippen LogP contribution in [0.2, 0.25) is 5.02 Å². The van der Waals surface area contributed by atoms with Crippen molar-refractivity contribution in [2.75, 3.05) is 18.1 Å². The topological polar surface area (TPSA) is 90.0 Å². The van der Waals surface area contributed by atoms with E-state index >= 15 is 0 Å². The highest BCUT2D eigenvalue weighted by molar-refractivity contribution is 7.12. The number of ether oxygens (including phenoxy) is 2. The molecule has 168 valence electrons. The van der Waals surface area contributed by atoms with Crippen LogP contribution in [0.4, 0.5) is 5.69 Å². The molecule has 0 saturated carbocycles. The van der Waals surface area contributed by atoms with Crippen LogP contribution in [0.3, 0.4) is 0 Å². The van der Waals surface area contributed by atoms with Gasteiger partial charge in [-0.25, -0.2) is 4.79 Å². The molecule has 0 bridgehead atoms. The molecule has 0 spiro atoms. The fourth-order valence-electron chi connectivity index (χ4n) is 3.36. The van der Waals surface area contributed by atoms with Crippen LogP contribution >= 0.6 is 22.9 Å².